The van der Waals surface area contributed by atoms with Crippen molar-refractivity contribution < 1.29 is 14.2 Å². The number of aliphatic hydroxyl groups is 1. The third kappa shape index (κ3) is 7.18. The molecule has 0 aliphatic carbocycles. The number of hydrogen-bond acceptors (Lipinski definition) is 7. The molecule has 1 atom stereocenters. The standard InChI is InChI=1S/C23H28FN5O2/c1-16(5-4-12-30)15-25-22-27-21(13-17-8-10-20(31-2)11-9-17)28-23(29-22)26-19-7-3-6-18(24)14-19/h3,6-11,14,16,30H,4-5,12-13,15H2,1-2H3,(H2,25,26,27,28,29). The molecule has 0 spiro atoms. The van der Waals surface area contributed by atoms with Crippen LogP contribution in [0.2, 0.25) is 0 Å². The number of rotatable bonds is 11. The van der Waals surface area contributed by atoms with E-state index in [2.05, 4.69) is 32.5 Å². The molecule has 3 aromatic rings. The first-order chi connectivity index (χ1) is 15.1. The third-order valence-electron chi connectivity index (χ3n) is 4.75. The maximum Gasteiger partial charge on any atom is 0.232 e. The second-order valence-corrected chi connectivity index (χ2v) is 7.41. The van der Waals surface area contributed by atoms with E-state index in [1.54, 1.807) is 19.2 Å². The van der Waals surface area contributed by atoms with E-state index in [-0.39, 0.29) is 12.4 Å². The monoisotopic (exact) mass is 425 g/mol. The minimum atomic E-state index is -0.339. The average Bonchev–Trinajstić information content (AvgIpc) is 2.76. The molecule has 0 amide bonds. The first kappa shape index (κ1) is 22.4. The molecule has 3 N–H and O–H groups in total. The Kier molecular flexibility index (Phi) is 8.12. The minimum Gasteiger partial charge on any atom is -0.497 e. The second-order valence-electron chi connectivity index (χ2n) is 7.41. The van der Waals surface area contributed by atoms with Crippen LogP contribution in [0.4, 0.5) is 22.0 Å². The van der Waals surface area contributed by atoms with Crippen molar-refractivity contribution in [1.29, 1.82) is 0 Å². The fourth-order valence-electron chi connectivity index (χ4n) is 3.06. The summed E-state index contributed by atoms with van der Waals surface area (Å²) in [7, 11) is 1.63. The van der Waals surface area contributed by atoms with Gasteiger partial charge in [0, 0.05) is 25.3 Å². The van der Waals surface area contributed by atoms with E-state index in [1.165, 1.54) is 12.1 Å². The van der Waals surface area contributed by atoms with Crippen molar-refractivity contribution in [2.75, 3.05) is 30.9 Å². The lowest BCUT2D eigenvalue weighted by atomic mass is 10.1. The Bertz CT molecular complexity index is 968. The summed E-state index contributed by atoms with van der Waals surface area (Å²) in [4.78, 5) is 13.5. The van der Waals surface area contributed by atoms with Gasteiger partial charge >= 0.3 is 0 Å². The van der Waals surface area contributed by atoms with Crippen LogP contribution in [0.3, 0.4) is 0 Å². The number of hydrogen-bond donors (Lipinski definition) is 3. The van der Waals surface area contributed by atoms with E-state index < -0.39 is 0 Å². The minimum absolute atomic E-state index is 0.184. The number of anilines is 3. The molecule has 0 bridgehead atoms. The summed E-state index contributed by atoms with van der Waals surface area (Å²) in [5.74, 6) is 2.18. The van der Waals surface area contributed by atoms with Crippen molar-refractivity contribution in [2.45, 2.75) is 26.2 Å². The molecule has 1 heterocycles. The molecule has 7 nitrogen and oxygen atoms in total. The lowest BCUT2D eigenvalue weighted by Gasteiger charge is -2.14. The number of ether oxygens (including phenoxy) is 1. The summed E-state index contributed by atoms with van der Waals surface area (Å²) in [5, 5.41) is 15.3. The normalized spacial score (nSPS) is 11.7. The molecule has 0 aliphatic heterocycles. The first-order valence-corrected chi connectivity index (χ1v) is 10.3. The van der Waals surface area contributed by atoms with Crippen molar-refractivity contribution >= 4 is 17.6 Å². The van der Waals surface area contributed by atoms with Gasteiger partial charge in [0.2, 0.25) is 11.9 Å². The number of methoxy groups -OCH3 is 1. The van der Waals surface area contributed by atoms with Crippen molar-refractivity contribution in [2.24, 2.45) is 5.92 Å². The summed E-state index contributed by atoms with van der Waals surface area (Å²) < 4.78 is 18.8. The van der Waals surface area contributed by atoms with Crippen LogP contribution < -0.4 is 15.4 Å². The van der Waals surface area contributed by atoms with Crippen LogP contribution in [-0.4, -0.2) is 40.3 Å². The quantitative estimate of drug-likeness (QED) is 0.424. The number of nitrogens with one attached hydrogen (secondary N) is 2. The number of halogens is 1. The van der Waals surface area contributed by atoms with E-state index in [1.807, 2.05) is 24.3 Å². The van der Waals surface area contributed by atoms with Gasteiger partial charge in [-0.3, -0.25) is 0 Å². The maximum absolute atomic E-state index is 13.6. The van der Waals surface area contributed by atoms with Crippen LogP contribution in [0.25, 0.3) is 0 Å². The smallest absolute Gasteiger partial charge is 0.232 e. The summed E-state index contributed by atoms with van der Waals surface area (Å²) in [6.07, 6.45) is 2.18. The summed E-state index contributed by atoms with van der Waals surface area (Å²) >= 11 is 0. The Morgan fingerprint density at radius 3 is 2.55 bits per heavy atom. The van der Waals surface area contributed by atoms with E-state index in [0.717, 1.165) is 24.2 Å². The lowest BCUT2D eigenvalue weighted by Crippen LogP contribution is -2.16. The van der Waals surface area contributed by atoms with Gasteiger partial charge in [-0.25, -0.2) is 4.39 Å². The number of nitrogens with zero attached hydrogens (tertiary/aromatic N) is 3. The Labute approximate surface area is 181 Å². The van der Waals surface area contributed by atoms with Gasteiger partial charge < -0.3 is 20.5 Å². The van der Waals surface area contributed by atoms with Crippen LogP contribution >= 0.6 is 0 Å². The molecular weight excluding hydrogens is 397 g/mol. The molecule has 0 fully saturated rings. The molecule has 164 valence electrons. The molecule has 0 saturated heterocycles. The SMILES string of the molecule is COc1ccc(Cc2nc(NCC(C)CCCO)nc(Nc3cccc(F)c3)n2)cc1. The number of benzene rings is 2. The highest BCUT2D eigenvalue weighted by atomic mass is 19.1. The number of aliphatic hydroxyl groups excluding tert-OH is 1. The van der Waals surface area contributed by atoms with Gasteiger partial charge in [-0.2, -0.15) is 15.0 Å². The van der Waals surface area contributed by atoms with Crippen LogP contribution in [0, 0.1) is 11.7 Å². The third-order valence-corrected chi connectivity index (χ3v) is 4.75. The molecule has 1 aromatic heterocycles. The van der Waals surface area contributed by atoms with Gasteiger partial charge in [0.05, 0.1) is 7.11 Å². The summed E-state index contributed by atoms with van der Waals surface area (Å²) in [6.45, 7) is 2.96. The second kappa shape index (κ2) is 11.2. The molecule has 0 radical (unpaired) electrons. The summed E-state index contributed by atoms with van der Waals surface area (Å²) in [5.41, 5.74) is 1.59. The van der Waals surface area contributed by atoms with Gasteiger partial charge in [0.1, 0.15) is 17.4 Å². The maximum atomic E-state index is 13.6. The van der Waals surface area contributed by atoms with Crippen molar-refractivity contribution in [3.8, 4) is 5.75 Å². The van der Waals surface area contributed by atoms with E-state index in [4.69, 9.17) is 9.84 Å². The number of aromatic nitrogens is 3. The van der Waals surface area contributed by atoms with Crippen molar-refractivity contribution in [3.63, 3.8) is 0 Å². The van der Waals surface area contributed by atoms with Gasteiger partial charge in [-0.15, -0.1) is 0 Å². The zero-order chi connectivity index (χ0) is 22.1. The van der Waals surface area contributed by atoms with Gasteiger partial charge in [-0.05, 0) is 54.7 Å². The zero-order valence-corrected chi connectivity index (χ0v) is 17.8. The van der Waals surface area contributed by atoms with E-state index in [9.17, 15) is 4.39 Å². The van der Waals surface area contributed by atoms with Crippen molar-refractivity contribution in [1.82, 2.24) is 15.0 Å². The van der Waals surface area contributed by atoms with E-state index in [0.29, 0.717) is 42.3 Å². The zero-order valence-electron chi connectivity index (χ0n) is 17.8. The van der Waals surface area contributed by atoms with Gasteiger partial charge in [0.15, 0.2) is 0 Å². The molecule has 2 aromatic carbocycles. The molecule has 0 saturated carbocycles. The highest BCUT2D eigenvalue weighted by Gasteiger charge is 2.10. The fraction of sp³-hybridized carbons (Fsp3) is 0.348. The van der Waals surface area contributed by atoms with Gasteiger partial charge in [-0.1, -0.05) is 25.1 Å². The van der Waals surface area contributed by atoms with E-state index >= 15 is 0 Å². The highest BCUT2D eigenvalue weighted by molar-refractivity contribution is 5.54. The Balaban J connectivity index is 1.79. The van der Waals surface area contributed by atoms with Gasteiger partial charge in [0.25, 0.3) is 0 Å². The predicted molar refractivity (Wildman–Crippen MR) is 119 cm³/mol. The highest BCUT2D eigenvalue weighted by Crippen LogP contribution is 2.18. The topological polar surface area (TPSA) is 92.2 Å². The van der Waals surface area contributed by atoms with Crippen LogP contribution in [0.15, 0.2) is 48.5 Å². The Hall–Kier alpha value is -3.26. The predicted octanol–water partition coefficient (Wildman–Crippen LogP) is 4.17. The molecule has 0 aliphatic rings. The van der Waals surface area contributed by atoms with Crippen LogP contribution in [0.1, 0.15) is 31.2 Å². The molecular formula is C23H28FN5O2. The lowest BCUT2D eigenvalue weighted by molar-refractivity contribution is 0.275. The summed E-state index contributed by atoms with van der Waals surface area (Å²) in [6, 6.07) is 13.9. The first-order valence-electron chi connectivity index (χ1n) is 10.3. The molecule has 31 heavy (non-hydrogen) atoms. The molecule has 8 heteroatoms. The van der Waals surface area contributed by atoms with Crippen molar-refractivity contribution in [3.05, 3.63) is 65.7 Å². The average molecular weight is 426 g/mol. The van der Waals surface area contributed by atoms with Crippen LogP contribution in [0.5, 0.6) is 5.75 Å². The fourth-order valence-corrected chi connectivity index (χ4v) is 3.06. The van der Waals surface area contributed by atoms with Crippen LogP contribution in [-0.2, 0) is 6.42 Å². The molecule has 1 unspecified atom stereocenters. The largest absolute Gasteiger partial charge is 0.497 e. The Morgan fingerprint density at radius 2 is 1.84 bits per heavy atom. The Morgan fingerprint density at radius 1 is 1.06 bits per heavy atom. The molecule has 3 rings (SSSR count).